The van der Waals surface area contributed by atoms with Gasteiger partial charge in [0.15, 0.2) is 5.03 Å². The van der Waals surface area contributed by atoms with Gasteiger partial charge in [0.1, 0.15) is 0 Å². The number of nitrogens with one attached hydrogen (secondary N) is 1. The van der Waals surface area contributed by atoms with E-state index in [1.165, 1.54) is 12.5 Å². The zero-order valence-electron chi connectivity index (χ0n) is 10.5. The summed E-state index contributed by atoms with van der Waals surface area (Å²) in [6.07, 6.45) is 5.96. The fourth-order valence-corrected chi connectivity index (χ4v) is 4.63. The SMILES string of the molecule is Cl.NC1CCCC2CN(S(=O)(=O)c3cnc[nH]3)CC12. The van der Waals surface area contributed by atoms with E-state index in [-0.39, 0.29) is 23.5 Å². The fourth-order valence-electron chi connectivity index (χ4n) is 3.20. The second-order valence-corrected chi connectivity index (χ2v) is 7.16. The van der Waals surface area contributed by atoms with Gasteiger partial charge in [0.05, 0.1) is 12.5 Å². The Labute approximate surface area is 119 Å². The first-order chi connectivity index (χ1) is 8.59. The quantitative estimate of drug-likeness (QED) is 0.836. The number of aromatic amines is 1. The zero-order chi connectivity index (χ0) is 12.8. The largest absolute Gasteiger partial charge is 0.335 e. The summed E-state index contributed by atoms with van der Waals surface area (Å²) in [6, 6.07) is 0.144. The molecule has 1 aliphatic heterocycles. The van der Waals surface area contributed by atoms with Crippen LogP contribution in [0.1, 0.15) is 19.3 Å². The Morgan fingerprint density at radius 1 is 1.37 bits per heavy atom. The summed E-state index contributed by atoms with van der Waals surface area (Å²) in [5.74, 6) is 0.739. The third kappa shape index (κ3) is 2.52. The Bertz CT molecular complexity index is 519. The average molecular weight is 307 g/mol. The number of aromatic nitrogens is 2. The maximum Gasteiger partial charge on any atom is 0.260 e. The van der Waals surface area contributed by atoms with E-state index in [9.17, 15) is 8.42 Å². The molecule has 2 fully saturated rings. The molecule has 1 aliphatic carbocycles. The lowest BCUT2D eigenvalue weighted by atomic mass is 9.78. The molecule has 2 heterocycles. The second-order valence-electron chi connectivity index (χ2n) is 5.26. The van der Waals surface area contributed by atoms with Crippen molar-refractivity contribution in [3.63, 3.8) is 0 Å². The summed E-state index contributed by atoms with van der Waals surface area (Å²) in [5, 5.41) is 0.176. The van der Waals surface area contributed by atoms with Crippen LogP contribution in [-0.4, -0.2) is 41.8 Å². The van der Waals surface area contributed by atoms with Crippen LogP contribution in [0.3, 0.4) is 0 Å². The molecule has 1 aromatic rings. The van der Waals surface area contributed by atoms with Gasteiger partial charge < -0.3 is 10.7 Å². The third-order valence-corrected chi connectivity index (χ3v) is 5.97. The van der Waals surface area contributed by atoms with Crippen molar-refractivity contribution in [2.45, 2.75) is 30.3 Å². The Kier molecular flexibility index (Phi) is 4.20. The molecule has 0 aromatic carbocycles. The molecule has 19 heavy (non-hydrogen) atoms. The number of H-pyrrole nitrogens is 1. The van der Waals surface area contributed by atoms with E-state index in [2.05, 4.69) is 9.97 Å². The molecule has 1 saturated heterocycles. The second kappa shape index (κ2) is 5.40. The average Bonchev–Trinajstić information content (AvgIpc) is 2.99. The van der Waals surface area contributed by atoms with Gasteiger partial charge in [-0.1, -0.05) is 6.42 Å². The maximum absolute atomic E-state index is 12.4. The lowest BCUT2D eigenvalue weighted by molar-refractivity contribution is 0.260. The number of nitrogens with zero attached hydrogens (tertiary/aromatic N) is 2. The van der Waals surface area contributed by atoms with Gasteiger partial charge in [-0.25, -0.2) is 13.4 Å². The molecule has 3 N–H and O–H groups in total. The molecule has 6 nitrogen and oxygen atoms in total. The standard InChI is InChI=1S/C11H18N4O2S.ClH/c12-10-3-1-2-8-5-15(6-9(8)10)18(16,17)11-4-13-7-14-11;/h4,7-10H,1-3,5-6,12H2,(H,13,14);1H. The van der Waals surface area contributed by atoms with Crippen molar-refractivity contribution in [3.8, 4) is 0 Å². The summed E-state index contributed by atoms with van der Waals surface area (Å²) in [5.41, 5.74) is 6.10. The molecular weight excluding hydrogens is 288 g/mol. The van der Waals surface area contributed by atoms with Crippen molar-refractivity contribution in [1.82, 2.24) is 14.3 Å². The van der Waals surface area contributed by atoms with Crippen molar-refractivity contribution in [1.29, 1.82) is 0 Å². The number of sulfonamides is 1. The van der Waals surface area contributed by atoms with Gasteiger partial charge in [-0.2, -0.15) is 4.31 Å². The number of halogens is 1. The van der Waals surface area contributed by atoms with Gasteiger partial charge >= 0.3 is 0 Å². The Morgan fingerprint density at radius 3 is 2.79 bits per heavy atom. The minimum absolute atomic E-state index is 0. The minimum Gasteiger partial charge on any atom is -0.335 e. The number of fused-ring (bicyclic) bond motifs is 1. The summed E-state index contributed by atoms with van der Waals surface area (Å²) in [4.78, 5) is 6.45. The first-order valence-corrected chi connectivity index (χ1v) is 7.77. The summed E-state index contributed by atoms with van der Waals surface area (Å²) in [7, 11) is -3.42. The molecule has 2 aliphatic rings. The third-order valence-electron chi connectivity index (χ3n) is 4.21. The molecule has 3 atom stereocenters. The predicted molar refractivity (Wildman–Crippen MR) is 73.4 cm³/mol. The Hall–Kier alpha value is -0.630. The molecule has 1 saturated carbocycles. The van der Waals surface area contributed by atoms with Crippen LogP contribution in [0.15, 0.2) is 17.6 Å². The van der Waals surface area contributed by atoms with Crippen LogP contribution in [0, 0.1) is 11.8 Å². The van der Waals surface area contributed by atoms with E-state index in [1.807, 2.05) is 0 Å². The van der Waals surface area contributed by atoms with Crippen molar-refractivity contribution >= 4 is 22.4 Å². The van der Waals surface area contributed by atoms with Crippen LogP contribution < -0.4 is 5.73 Å². The van der Waals surface area contributed by atoms with Crippen LogP contribution in [0.2, 0.25) is 0 Å². The van der Waals surface area contributed by atoms with E-state index in [0.29, 0.717) is 24.9 Å². The highest BCUT2D eigenvalue weighted by molar-refractivity contribution is 7.89. The minimum atomic E-state index is -3.42. The smallest absolute Gasteiger partial charge is 0.260 e. The van der Waals surface area contributed by atoms with Crippen molar-refractivity contribution in [2.24, 2.45) is 17.6 Å². The molecule has 1 aromatic heterocycles. The molecule has 0 spiro atoms. The molecule has 108 valence electrons. The van der Waals surface area contributed by atoms with Gasteiger partial charge in [0.2, 0.25) is 0 Å². The maximum atomic E-state index is 12.4. The van der Waals surface area contributed by atoms with Crippen molar-refractivity contribution in [2.75, 3.05) is 13.1 Å². The number of nitrogens with two attached hydrogens (primary N) is 1. The normalized spacial score (nSPS) is 31.7. The summed E-state index contributed by atoms with van der Waals surface area (Å²) >= 11 is 0. The van der Waals surface area contributed by atoms with Gasteiger partial charge in [-0.05, 0) is 24.7 Å². The van der Waals surface area contributed by atoms with Crippen LogP contribution in [-0.2, 0) is 10.0 Å². The monoisotopic (exact) mass is 306 g/mol. The zero-order valence-corrected chi connectivity index (χ0v) is 12.2. The number of hydrogen-bond donors (Lipinski definition) is 2. The summed E-state index contributed by atoms with van der Waals surface area (Å²) < 4.78 is 26.3. The number of imidazole rings is 1. The first-order valence-electron chi connectivity index (χ1n) is 6.33. The van der Waals surface area contributed by atoms with Crippen LogP contribution in [0.5, 0.6) is 0 Å². The lowest BCUT2D eigenvalue weighted by Crippen LogP contribution is -2.38. The highest BCUT2D eigenvalue weighted by Gasteiger charge is 2.43. The molecule has 3 rings (SSSR count). The molecule has 3 unspecified atom stereocenters. The topological polar surface area (TPSA) is 92.1 Å². The van der Waals surface area contributed by atoms with E-state index in [0.717, 1.165) is 19.3 Å². The van der Waals surface area contributed by atoms with Crippen molar-refractivity contribution < 1.29 is 8.42 Å². The summed E-state index contributed by atoms with van der Waals surface area (Å²) in [6.45, 7) is 1.15. The Balaban J connectivity index is 0.00000133. The van der Waals surface area contributed by atoms with E-state index >= 15 is 0 Å². The van der Waals surface area contributed by atoms with Crippen LogP contribution >= 0.6 is 12.4 Å². The van der Waals surface area contributed by atoms with E-state index in [1.54, 1.807) is 4.31 Å². The van der Waals surface area contributed by atoms with Crippen LogP contribution in [0.25, 0.3) is 0 Å². The van der Waals surface area contributed by atoms with Gasteiger partial charge in [-0.15, -0.1) is 12.4 Å². The molecular formula is C11H19ClN4O2S. The van der Waals surface area contributed by atoms with Crippen LogP contribution in [0.4, 0.5) is 0 Å². The fraction of sp³-hybridized carbons (Fsp3) is 0.727. The van der Waals surface area contributed by atoms with Gasteiger partial charge in [-0.3, -0.25) is 0 Å². The lowest BCUT2D eigenvalue weighted by Gasteiger charge is -2.29. The highest BCUT2D eigenvalue weighted by Crippen LogP contribution is 2.37. The van der Waals surface area contributed by atoms with E-state index < -0.39 is 10.0 Å². The predicted octanol–water partition coefficient (Wildman–Crippen LogP) is 0.579. The van der Waals surface area contributed by atoms with E-state index in [4.69, 9.17) is 5.73 Å². The molecule has 0 bridgehead atoms. The number of rotatable bonds is 2. The molecule has 0 radical (unpaired) electrons. The van der Waals surface area contributed by atoms with Gasteiger partial charge in [0, 0.05) is 19.1 Å². The Morgan fingerprint density at radius 2 is 2.16 bits per heavy atom. The molecule has 0 amide bonds. The van der Waals surface area contributed by atoms with Gasteiger partial charge in [0.25, 0.3) is 10.0 Å². The molecule has 8 heteroatoms. The van der Waals surface area contributed by atoms with Crippen molar-refractivity contribution in [3.05, 3.63) is 12.5 Å². The highest BCUT2D eigenvalue weighted by atomic mass is 35.5. The number of hydrogen-bond acceptors (Lipinski definition) is 4. The first kappa shape index (κ1) is 14.8.